The van der Waals surface area contributed by atoms with Crippen molar-refractivity contribution in [2.75, 3.05) is 0 Å². The second-order valence-corrected chi connectivity index (χ2v) is 7.37. The highest BCUT2D eigenvalue weighted by Crippen LogP contribution is 2.21. The van der Waals surface area contributed by atoms with Crippen LogP contribution in [0.25, 0.3) is 6.08 Å². The van der Waals surface area contributed by atoms with Gasteiger partial charge < -0.3 is 9.15 Å². The van der Waals surface area contributed by atoms with E-state index in [2.05, 4.69) is 6.92 Å². The molecule has 0 spiro atoms. The molecule has 1 aromatic carbocycles. The number of aryl methyl sites for hydroxylation is 1. The predicted octanol–water partition coefficient (Wildman–Crippen LogP) is 6.42. The average Bonchev–Trinajstić information content (AvgIpc) is 3.28. The van der Waals surface area contributed by atoms with Gasteiger partial charge >= 0.3 is 0 Å². The van der Waals surface area contributed by atoms with Crippen LogP contribution < -0.4 is 4.74 Å². The monoisotopic (exact) mass is 386 g/mol. The van der Waals surface area contributed by atoms with Crippen molar-refractivity contribution in [3.05, 3.63) is 80.9 Å². The summed E-state index contributed by atoms with van der Waals surface area (Å²) < 4.78 is 11.3. The topological polar surface area (TPSA) is 39.4 Å². The van der Waals surface area contributed by atoms with Crippen LogP contribution in [0.4, 0.5) is 0 Å². The Balaban J connectivity index is 1.57. The SMILES string of the molecule is CCCc1ccc(C(=O)/C=C/c2ccc(COc3cccc(Cl)c3)o2)s1. The number of carbonyl (C=O) groups is 1. The van der Waals surface area contributed by atoms with Gasteiger partial charge in [0.15, 0.2) is 5.78 Å². The van der Waals surface area contributed by atoms with Crippen molar-refractivity contribution in [1.29, 1.82) is 0 Å². The van der Waals surface area contributed by atoms with Gasteiger partial charge in [-0.3, -0.25) is 4.79 Å². The molecule has 0 fully saturated rings. The molecule has 0 aliphatic heterocycles. The molecule has 2 heterocycles. The maximum atomic E-state index is 12.2. The molecule has 0 unspecified atom stereocenters. The number of benzene rings is 1. The normalized spacial score (nSPS) is 11.2. The first-order chi connectivity index (χ1) is 12.6. The molecule has 0 atom stereocenters. The summed E-state index contributed by atoms with van der Waals surface area (Å²) in [5.74, 6) is 1.97. The molecule has 0 saturated carbocycles. The second kappa shape index (κ2) is 8.88. The van der Waals surface area contributed by atoms with Crippen LogP contribution in [0.2, 0.25) is 5.02 Å². The fourth-order valence-corrected chi connectivity index (χ4v) is 3.61. The molecule has 0 aliphatic carbocycles. The summed E-state index contributed by atoms with van der Waals surface area (Å²) in [6.45, 7) is 2.43. The number of hydrogen-bond acceptors (Lipinski definition) is 4. The molecule has 3 rings (SSSR count). The van der Waals surface area contributed by atoms with Crippen molar-refractivity contribution >= 4 is 34.8 Å². The summed E-state index contributed by atoms with van der Waals surface area (Å²) in [7, 11) is 0. The largest absolute Gasteiger partial charge is 0.486 e. The molecule has 0 amide bonds. The van der Waals surface area contributed by atoms with Crippen molar-refractivity contribution in [3.8, 4) is 5.75 Å². The highest BCUT2D eigenvalue weighted by molar-refractivity contribution is 7.14. The van der Waals surface area contributed by atoms with E-state index in [1.807, 2.05) is 36.4 Å². The molecular formula is C21H19ClO3S. The van der Waals surface area contributed by atoms with E-state index in [9.17, 15) is 4.79 Å². The first-order valence-electron chi connectivity index (χ1n) is 8.42. The van der Waals surface area contributed by atoms with Gasteiger partial charge in [-0.05, 0) is 61.0 Å². The van der Waals surface area contributed by atoms with E-state index >= 15 is 0 Å². The Labute approximate surface area is 161 Å². The number of thiophene rings is 1. The van der Waals surface area contributed by atoms with Crippen LogP contribution in [0.5, 0.6) is 5.75 Å². The number of ketones is 1. The summed E-state index contributed by atoms with van der Waals surface area (Å²) in [6.07, 6.45) is 5.32. The van der Waals surface area contributed by atoms with Gasteiger partial charge in [-0.2, -0.15) is 0 Å². The van der Waals surface area contributed by atoms with Gasteiger partial charge in [-0.15, -0.1) is 11.3 Å². The zero-order valence-corrected chi connectivity index (χ0v) is 16.0. The lowest BCUT2D eigenvalue weighted by Crippen LogP contribution is -1.93. The highest BCUT2D eigenvalue weighted by Gasteiger charge is 2.07. The van der Waals surface area contributed by atoms with Crippen LogP contribution in [0.1, 0.15) is 39.4 Å². The second-order valence-electron chi connectivity index (χ2n) is 5.76. The van der Waals surface area contributed by atoms with Gasteiger partial charge in [0.2, 0.25) is 0 Å². The molecule has 0 N–H and O–H groups in total. The van der Waals surface area contributed by atoms with Crippen molar-refractivity contribution in [2.45, 2.75) is 26.4 Å². The minimum Gasteiger partial charge on any atom is -0.486 e. The molecule has 26 heavy (non-hydrogen) atoms. The number of carbonyl (C=O) groups excluding carboxylic acids is 1. The Morgan fingerprint density at radius 2 is 2.12 bits per heavy atom. The molecule has 3 aromatic rings. The fourth-order valence-electron chi connectivity index (χ4n) is 2.40. The lowest BCUT2D eigenvalue weighted by atomic mass is 10.2. The molecule has 0 saturated heterocycles. The Morgan fingerprint density at radius 3 is 2.92 bits per heavy atom. The molecule has 0 aliphatic rings. The predicted molar refractivity (Wildman–Crippen MR) is 106 cm³/mol. The van der Waals surface area contributed by atoms with Crippen molar-refractivity contribution in [1.82, 2.24) is 0 Å². The van der Waals surface area contributed by atoms with E-state index in [1.165, 1.54) is 4.88 Å². The maximum absolute atomic E-state index is 12.2. The van der Waals surface area contributed by atoms with Gasteiger partial charge in [0.1, 0.15) is 23.9 Å². The zero-order valence-electron chi connectivity index (χ0n) is 14.4. The van der Waals surface area contributed by atoms with E-state index < -0.39 is 0 Å². The van der Waals surface area contributed by atoms with Crippen LogP contribution >= 0.6 is 22.9 Å². The van der Waals surface area contributed by atoms with Crippen molar-refractivity contribution in [2.24, 2.45) is 0 Å². The quantitative estimate of drug-likeness (QED) is 0.331. The Bertz CT molecular complexity index is 907. The van der Waals surface area contributed by atoms with Crippen molar-refractivity contribution in [3.63, 3.8) is 0 Å². The Morgan fingerprint density at radius 1 is 1.23 bits per heavy atom. The number of furan rings is 1. The minimum absolute atomic E-state index is 0.00881. The van der Waals surface area contributed by atoms with E-state index in [4.69, 9.17) is 20.8 Å². The fraction of sp³-hybridized carbons (Fsp3) is 0.190. The van der Waals surface area contributed by atoms with E-state index in [-0.39, 0.29) is 5.78 Å². The van der Waals surface area contributed by atoms with Crippen LogP contribution in [0.15, 0.2) is 59.0 Å². The summed E-state index contributed by atoms with van der Waals surface area (Å²) in [5.41, 5.74) is 0. The van der Waals surface area contributed by atoms with Crippen LogP contribution in [0.3, 0.4) is 0 Å². The maximum Gasteiger partial charge on any atom is 0.195 e. The molecule has 0 radical (unpaired) electrons. The van der Waals surface area contributed by atoms with Gasteiger partial charge in [0.05, 0.1) is 4.88 Å². The van der Waals surface area contributed by atoms with Gasteiger partial charge in [0, 0.05) is 9.90 Å². The van der Waals surface area contributed by atoms with E-state index in [1.54, 1.807) is 35.6 Å². The smallest absolute Gasteiger partial charge is 0.195 e. The van der Waals surface area contributed by atoms with Crippen molar-refractivity contribution < 1.29 is 13.9 Å². The van der Waals surface area contributed by atoms with Gasteiger partial charge in [0.25, 0.3) is 0 Å². The molecule has 134 valence electrons. The molecule has 0 bridgehead atoms. The van der Waals surface area contributed by atoms with E-state index in [0.717, 1.165) is 17.7 Å². The number of halogens is 1. The molecule has 5 heteroatoms. The number of hydrogen-bond donors (Lipinski definition) is 0. The van der Waals surface area contributed by atoms with Crippen LogP contribution in [-0.4, -0.2) is 5.78 Å². The molecule has 2 aromatic heterocycles. The summed E-state index contributed by atoms with van der Waals surface area (Å²) >= 11 is 7.48. The minimum atomic E-state index is -0.00881. The number of rotatable bonds is 8. The van der Waals surface area contributed by atoms with Gasteiger partial charge in [-0.25, -0.2) is 0 Å². The first kappa shape index (κ1) is 18.5. The van der Waals surface area contributed by atoms with Crippen LogP contribution in [-0.2, 0) is 13.0 Å². The molecular weight excluding hydrogens is 368 g/mol. The zero-order chi connectivity index (χ0) is 18.4. The highest BCUT2D eigenvalue weighted by atomic mass is 35.5. The third kappa shape index (κ3) is 5.10. The third-order valence-corrected chi connectivity index (χ3v) is 5.05. The number of allylic oxidation sites excluding steroid dienone is 1. The summed E-state index contributed by atoms with van der Waals surface area (Å²) in [6, 6.07) is 14.8. The summed E-state index contributed by atoms with van der Waals surface area (Å²) in [4.78, 5) is 14.2. The molecule has 3 nitrogen and oxygen atoms in total. The third-order valence-electron chi connectivity index (χ3n) is 3.66. The Hall–Kier alpha value is -2.30. The standard InChI is InChI=1S/C21H19ClO3S/c1-2-4-19-10-12-21(26-19)20(23)11-9-16-7-8-18(25-16)14-24-17-6-3-5-15(22)13-17/h3,5-13H,2,4,14H2,1H3/b11-9+. The van der Waals surface area contributed by atoms with Gasteiger partial charge in [-0.1, -0.05) is 31.0 Å². The Kier molecular flexibility index (Phi) is 6.31. The first-order valence-corrected chi connectivity index (χ1v) is 9.61. The average molecular weight is 387 g/mol. The summed E-state index contributed by atoms with van der Waals surface area (Å²) in [5, 5.41) is 0.625. The lowest BCUT2D eigenvalue weighted by molar-refractivity contribution is 0.105. The number of ether oxygens (including phenoxy) is 1. The lowest BCUT2D eigenvalue weighted by Gasteiger charge is -2.03. The van der Waals surface area contributed by atoms with E-state index in [0.29, 0.717) is 28.9 Å². The van der Waals surface area contributed by atoms with Crippen LogP contribution in [0, 0.1) is 0 Å².